The molecule has 0 unspecified atom stereocenters. The average molecular weight is 278 g/mol. The summed E-state index contributed by atoms with van der Waals surface area (Å²) in [5.41, 5.74) is 3.31. The van der Waals surface area contributed by atoms with Crippen LogP contribution in [0, 0.1) is 19.8 Å². The average Bonchev–Trinajstić information content (AvgIpc) is 3.11. The first-order valence-electron chi connectivity index (χ1n) is 7.50. The molecule has 1 heterocycles. The third-order valence-corrected chi connectivity index (χ3v) is 3.62. The number of aromatic nitrogens is 2. The molecule has 0 saturated heterocycles. The molecular weight excluding hydrogens is 252 g/mol. The van der Waals surface area contributed by atoms with Crippen LogP contribution >= 0.6 is 0 Å². The monoisotopic (exact) mass is 278 g/mol. The molecule has 0 bridgehead atoms. The van der Waals surface area contributed by atoms with Gasteiger partial charge in [-0.05, 0) is 39.2 Å². The summed E-state index contributed by atoms with van der Waals surface area (Å²) in [4.78, 5) is 11.9. The Morgan fingerprint density at radius 1 is 1.40 bits per heavy atom. The lowest BCUT2D eigenvalue weighted by molar-refractivity contribution is -0.122. The van der Waals surface area contributed by atoms with E-state index in [2.05, 4.69) is 29.6 Å². The van der Waals surface area contributed by atoms with Gasteiger partial charge >= 0.3 is 0 Å². The lowest BCUT2D eigenvalue weighted by atomic mass is 10.2. The van der Waals surface area contributed by atoms with Gasteiger partial charge in [0.15, 0.2) is 0 Å². The molecule has 1 aromatic heterocycles. The fraction of sp³-hybridized carbons (Fsp3) is 0.733. The summed E-state index contributed by atoms with van der Waals surface area (Å²) in [7, 11) is 0. The highest BCUT2D eigenvalue weighted by Crippen LogP contribution is 2.19. The van der Waals surface area contributed by atoms with Crippen LogP contribution in [0.15, 0.2) is 0 Å². The molecule has 1 aliphatic carbocycles. The Morgan fingerprint density at radius 2 is 2.10 bits per heavy atom. The highest BCUT2D eigenvalue weighted by Gasteiger charge is 2.23. The van der Waals surface area contributed by atoms with E-state index in [1.807, 2.05) is 18.5 Å². The Balaban J connectivity index is 1.94. The van der Waals surface area contributed by atoms with Crippen molar-refractivity contribution in [2.24, 2.45) is 5.92 Å². The quantitative estimate of drug-likeness (QED) is 0.795. The van der Waals surface area contributed by atoms with Crippen molar-refractivity contribution in [3.05, 3.63) is 17.0 Å². The van der Waals surface area contributed by atoms with E-state index in [0.29, 0.717) is 18.5 Å². The number of carbonyl (C=O) groups excluding carboxylic acids is 1. The van der Waals surface area contributed by atoms with Crippen LogP contribution in [0.2, 0.25) is 0 Å². The van der Waals surface area contributed by atoms with Crippen LogP contribution in [0.1, 0.15) is 43.6 Å². The molecule has 1 fully saturated rings. The van der Waals surface area contributed by atoms with Crippen LogP contribution in [0.3, 0.4) is 0 Å². The van der Waals surface area contributed by atoms with Crippen LogP contribution in [0.25, 0.3) is 0 Å². The first kappa shape index (κ1) is 15.0. The van der Waals surface area contributed by atoms with Crippen molar-refractivity contribution in [3.63, 3.8) is 0 Å². The molecule has 0 spiro atoms. The number of hydrogen-bond donors (Lipinski definition) is 2. The van der Waals surface area contributed by atoms with E-state index < -0.39 is 0 Å². The van der Waals surface area contributed by atoms with Crippen LogP contribution in [0.4, 0.5) is 0 Å². The van der Waals surface area contributed by atoms with Gasteiger partial charge in [0, 0.05) is 23.8 Å². The standard InChI is InChI=1S/C15H26N4O/c1-10(2)7-16-8-14-11(3)18-19(12(14)4)9-15(20)17-13-5-6-13/h10,13,16H,5-9H2,1-4H3,(H,17,20). The van der Waals surface area contributed by atoms with E-state index in [9.17, 15) is 4.79 Å². The zero-order chi connectivity index (χ0) is 14.7. The molecule has 1 saturated carbocycles. The molecule has 0 aromatic carbocycles. The maximum absolute atomic E-state index is 11.9. The smallest absolute Gasteiger partial charge is 0.241 e. The Kier molecular flexibility index (Phi) is 4.81. The summed E-state index contributed by atoms with van der Waals surface area (Å²) in [6.07, 6.45) is 2.24. The fourth-order valence-corrected chi connectivity index (χ4v) is 2.27. The highest BCUT2D eigenvalue weighted by molar-refractivity contribution is 5.76. The van der Waals surface area contributed by atoms with Gasteiger partial charge in [-0.15, -0.1) is 0 Å². The first-order chi connectivity index (χ1) is 9.47. The van der Waals surface area contributed by atoms with E-state index >= 15 is 0 Å². The molecule has 5 nitrogen and oxygen atoms in total. The van der Waals surface area contributed by atoms with E-state index in [1.165, 1.54) is 5.56 Å². The van der Waals surface area contributed by atoms with Gasteiger partial charge in [-0.1, -0.05) is 13.8 Å². The van der Waals surface area contributed by atoms with Crippen LogP contribution < -0.4 is 10.6 Å². The van der Waals surface area contributed by atoms with Crippen molar-refractivity contribution in [1.82, 2.24) is 20.4 Å². The van der Waals surface area contributed by atoms with Gasteiger partial charge in [0.2, 0.25) is 5.91 Å². The number of nitrogens with zero attached hydrogens (tertiary/aromatic N) is 2. The molecule has 0 radical (unpaired) electrons. The number of aryl methyl sites for hydroxylation is 1. The summed E-state index contributed by atoms with van der Waals surface area (Å²) < 4.78 is 1.82. The number of nitrogens with one attached hydrogen (secondary N) is 2. The topological polar surface area (TPSA) is 59.0 Å². The van der Waals surface area contributed by atoms with Crippen molar-refractivity contribution in [1.29, 1.82) is 0 Å². The number of rotatable bonds is 7. The Hall–Kier alpha value is -1.36. The van der Waals surface area contributed by atoms with Gasteiger partial charge in [0.05, 0.1) is 5.69 Å². The lowest BCUT2D eigenvalue weighted by Crippen LogP contribution is -2.30. The van der Waals surface area contributed by atoms with E-state index in [-0.39, 0.29) is 5.91 Å². The van der Waals surface area contributed by atoms with Gasteiger partial charge in [0.25, 0.3) is 0 Å². The maximum atomic E-state index is 11.9. The van der Waals surface area contributed by atoms with Crippen molar-refractivity contribution in [3.8, 4) is 0 Å². The van der Waals surface area contributed by atoms with Crippen molar-refractivity contribution in [2.45, 2.75) is 59.7 Å². The van der Waals surface area contributed by atoms with E-state index in [0.717, 1.165) is 37.3 Å². The largest absolute Gasteiger partial charge is 0.352 e. The van der Waals surface area contributed by atoms with Gasteiger partial charge in [-0.25, -0.2) is 0 Å². The molecule has 1 amide bonds. The lowest BCUT2D eigenvalue weighted by Gasteiger charge is -2.08. The van der Waals surface area contributed by atoms with Crippen molar-refractivity contribution < 1.29 is 4.79 Å². The minimum absolute atomic E-state index is 0.0692. The first-order valence-corrected chi connectivity index (χ1v) is 7.50. The Morgan fingerprint density at radius 3 is 2.70 bits per heavy atom. The molecule has 0 aliphatic heterocycles. The molecule has 2 rings (SSSR count). The minimum atomic E-state index is 0.0692. The number of hydrogen-bond acceptors (Lipinski definition) is 3. The summed E-state index contributed by atoms with van der Waals surface area (Å²) >= 11 is 0. The summed E-state index contributed by atoms with van der Waals surface area (Å²) in [5.74, 6) is 0.703. The predicted molar refractivity (Wildman–Crippen MR) is 79.4 cm³/mol. The zero-order valence-corrected chi connectivity index (χ0v) is 13.0. The molecule has 0 atom stereocenters. The van der Waals surface area contributed by atoms with Gasteiger partial charge in [-0.2, -0.15) is 5.10 Å². The molecule has 5 heteroatoms. The molecule has 1 aromatic rings. The molecule has 1 aliphatic rings. The van der Waals surface area contributed by atoms with Crippen LogP contribution in [0.5, 0.6) is 0 Å². The van der Waals surface area contributed by atoms with E-state index in [4.69, 9.17) is 0 Å². The van der Waals surface area contributed by atoms with Crippen molar-refractivity contribution in [2.75, 3.05) is 6.54 Å². The van der Waals surface area contributed by atoms with Crippen LogP contribution in [-0.2, 0) is 17.9 Å². The van der Waals surface area contributed by atoms with Crippen molar-refractivity contribution >= 4 is 5.91 Å². The Labute approximate surface area is 121 Å². The summed E-state index contributed by atoms with van der Waals surface area (Å²) in [6.45, 7) is 10.6. The van der Waals surface area contributed by atoms with Gasteiger partial charge in [0.1, 0.15) is 6.54 Å². The molecule has 2 N–H and O–H groups in total. The second-order valence-corrected chi connectivity index (χ2v) is 6.17. The molecule has 112 valence electrons. The summed E-state index contributed by atoms with van der Waals surface area (Å²) in [6, 6.07) is 0.409. The third kappa shape index (κ3) is 4.07. The third-order valence-electron chi connectivity index (χ3n) is 3.62. The second-order valence-electron chi connectivity index (χ2n) is 6.17. The van der Waals surface area contributed by atoms with Gasteiger partial charge in [-0.3, -0.25) is 9.48 Å². The maximum Gasteiger partial charge on any atom is 0.241 e. The van der Waals surface area contributed by atoms with Gasteiger partial charge < -0.3 is 10.6 Å². The Bertz CT molecular complexity index is 474. The molecule has 20 heavy (non-hydrogen) atoms. The van der Waals surface area contributed by atoms with E-state index in [1.54, 1.807) is 0 Å². The zero-order valence-electron chi connectivity index (χ0n) is 13.0. The van der Waals surface area contributed by atoms with Crippen LogP contribution in [-0.4, -0.2) is 28.3 Å². The minimum Gasteiger partial charge on any atom is -0.352 e. The molecular formula is C15H26N4O. The SMILES string of the molecule is Cc1nn(CC(=O)NC2CC2)c(C)c1CNCC(C)C. The fourth-order valence-electron chi connectivity index (χ4n) is 2.27. The predicted octanol–water partition coefficient (Wildman–Crippen LogP) is 1.52. The normalized spacial score (nSPS) is 14.8. The number of carbonyl (C=O) groups is 1. The number of amides is 1. The highest BCUT2D eigenvalue weighted by atomic mass is 16.2. The second kappa shape index (κ2) is 6.39. The summed E-state index contributed by atoms with van der Waals surface area (Å²) in [5, 5.41) is 10.9.